The first-order valence-corrected chi connectivity index (χ1v) is 5.97. The van der Waals surface area contributed by atoms with E-state index in [2.05, 4.69) is 26.9 Å². The summed E-state index contributed by atoms with van der Waals surface area (Å²) in [7, 11) is 1.32. The lowest BCUT2D eigenvalue weighted by Crippen LogP contribution is -2.45. The van der Waals surface area contributed by atoms with Crippen LogP contribution in [0, 0.1) is 5.92 Å². The Bertz CT molecular complexity index is 447. The molecule has 0 amide bonds. The molecule has 3 N–H and O–H groups in total. The molecule has 1 heterocycles. The number of nitrogens with two attached hydrogens (primary N) is 1. The summed E-state index contributed by atoms with van der Waals surface area (Å²) < 4.78 is 4.61. The van der Waals surface area contributed by atoms with Crippen LogP contribution in [0.3, 0.4) is 0 Å². The Balaban J connectivity index is 2.16. The summed E-state index contributed by atoms with van der Waals surface area (Å²) in [5.74, 6) is 0.621. The van der Waals surface area contributed by atoms with Crippen LogP contribution in [0.5, 0.6) is 0 Å². The third-order valence-corrected chi connectivity index (χ3v) is 3.35. The van der Waals surface area contributed by atoms with Crippen molar-refractivity contribution in [2.75, 3.05) is 19.0 Å². The highest BCUT2D eigenvalue weighted by Gasteiger charge is 2.40. The van der Waals surface area contributed by atoms with Gasteiger partial charge in [0.25, 0.3) is 0 Å². The van der Waals surface area contributed by atoms with E-state index in [1.807, 2.05) is 0 Å². The molecule has 2 rings (SSSR count). The molecule has 1 unspecified atom stereocenters. The van der Waals surface area contributed by atoms with Crippen molar-refractivity contribution in [1.29, 1.82) is 0 Å². The summed E-state index contributed by atoms with van der Waals surface area (Å²) >= 11 is 0. The van der Waals surface area contributed by atoms with E-state index in [0.29, 0.717) is 18.3 Å². The molecule has 0 aromatic carbocycles. The van der Waals surface area contributed by atoms with E-state index < -0.39 is 5.97 Å². The minimum Gasteiger partial charge on any atom is -0.464 e. The first-order chi connectivity index (χ1) is 8.59. The second-order valence-electron chi connectivity index (χ2n) is 4.80. The molecule has 1 aliphatic rings. The molecule has 18 heavy (non-hydrogen) atoms. The van der Waals surface area contributed by atoms with Crippen LogP contribution in [0.15, 0.2) is 12.4 Å². The maximum absolute atomic E-state index is 11.4. The van der Waals surface area contributed by atoms with E-state index in [4.69, 9.17) is 5.73 Å². The van der Waals surface area contributed by atoms with Crippen LogP contribution in [-0.2, 0) is 4.74 Å². The van der Waals surface area contributed by atoms with Gasteiger partial charge in [0.1, 0.15) is 5.82 Å². The number of hydrogen-bond donors (Lipinski definition) is 2. The monoisotopic (exact) mass is 250 g/mol. The summed E-state index contributed by atoms with van der Waals surface area (Å²) in [5.41, 5.74) is 5.82. The molecular formula is C12H18N4O2. The molecule has 0 aliphatic heterocycles. The molecule has 1 fully saturated rings. The first kappa shape index (κ1) is 12.8. The molecule has 1 aromatic rings. The summed E-state index contributed by atoms with van der Waals surface area (Å²) in [6.07, 6.45) is 5.31. The summed E-state index contributed by atoms with van der Waals surface area (Å²) in [6.45, 7) is 2.58. The molecule has 1 aliphatic carbocycles. The SMILES string of the molecule is COC(=O)c1cncc(NC(C)(CN)C2CC2)n1. The Morgan fingerprint density at radius 3 is 2.89 bits per heavy atom. The van der Waals surface area contributed by atoms with E-state index in [1.54, 1.807) is 6.20 Å². The Morgan fingerprint density at radius 1 is 1.61 bits per heavy atom. The fraction of sp³-hybridized carbons (Fsp3) is 0.583. The Labute approximate surface area is 106 Å². The number of methoxy groups -OCH3 is 1. The standard InChI is InChI=1S/C12H18N4O2/c1-12(7-13,8-3-4-8)16-10-6-14-5-9(15-10)11(17)18-2/h5-6,8H,3-4,7,13H2,1-2H3,(H,15,16). The van der Waals surface area contributed by atoms with Gasteiger partial charge in [-0.2, -0.15) is 0 Å². The third-order valence-electron chi connectivity index (χ3n) is 3.35. The lowest BCUT2D eigenvalue weighted by Gasteiger charge is -2.30. The van der Waals surface area contributed by atoms with Crippen LogP contribution >= 0.6 is 0 Å². The second kappa shape index (κ2) is 4.89. The molecule has 6 nitrogen and oxygen atoms in total. The van der Waals surface area contributed by atoms with Gasteiger partial charge >= 0.3 is 5.97 Å². The van der Waals surface area contributed by atoms with Crippen molar-refractivity contribution in [3.05, 3.63) is 18.1 Å². The van der Waals surface area contributed by atoms with E-state index in [0.717, 1.165) is 0 Å². The number of ether oxygens (including phenoxy) is 1. The molecule has 0 spiro atoms. The number of carbonyl (C=O) groups excluding carboxylic acids is 1. The Morgan fingerprint density at radius 2 is 2.33 bits per heavy atom. The number of esters is 1. The number of aromatic nitrogens is 2. The average Bonchev–Trinajstić information content (AvgIpc) is 3.22. The molecular weight excluding hydrogens is 232 g/mol. The minimum absolute atomic E-state index is 0.191. The van der Waals surface area contributed by atoms with Crippen molar-refractivity contribution in [2.24, 2.45) is 11.7 Å². The van der Waals surface area contributed by atoms with Crippen molar-refractivity contribution < 1.29 is 9.53 Å². The molecule has 1 saturated carbocycles. The van der Waals surface area contributed by atoms with Gasteiger partial charge in [-0.3, -0.25) is 4.98 Å². The number of anilines is 1. The topological polar surface area (TPSA) is 90.1 Å². The van der Waals surface area contributed by atoms with Crippen molar-refractivity contribution in [3.63, 3.8) is 0 Å². The van der Waals surface area contributed by atoms with Crippen molar-refractivity contribution in [3.8, 4) is 0 Å². The van der Waals surface area contributed by atoms with Gasteiger partial charge < -0.3 is 15.8 Å². The van der Waals surface area contributed by atoms with E-state index in [9.17, 15) is 4.79 Å². The lowest BCUT2D eigenvalue weighted by atomic mass is 9.96. The highest BCUT2D eigenvalue weighted by Crippen LogP contribution is 2.40. The lowest BCUT2D eigenvalue weighted by molar-refractivity contribution is 0.0593. The van der Waals surface area contributed by atoms with Crippen LogP contribution in [0.25, 0.3) is 0 Å². The van der Waals surface area contributed by atoms with Gasteiger partial charge in [-0.15, -0.1) is 0 Å². The van der Waals surface area contributed by atoms with Crippen LogP contribution in [0.4, 0.5) is 5.82 Å². The summed E-state index contributed by atoms with van der Waals surface area (Å²) in [5, 5.41) is 3.28. The van der Waals surface area contributed by atoms with E-state index >= 15 is 0 Å². The van der Waals surface area contributed by atoms with Gasteiger partial charge in [-0.1, -0.05) is 0 Å². The summed E-state index contributed by atoms with van der Waals surface area (Å²) in [6, 6.07) is 0. The molecule has 6 heteroatoms. The van der Waals surface area contributed by atoms with Gasteiger partial charge in [0.2, 0.25) is 0 Å². The predicted octanol–water partition coefficient (Wildman–Crippen LogP) is 0.802. The number of hydrogen-bond acceptors (Lipinski definition) is 6. The smallest absolute Gasteiger partial charge is 0.358 e. The second-order valence-corrected chi connectivity index (χ2v) is 4.80. The van der Waals surface area contributed by atoms with Gasteiger partial charge in [-0.25, -0.2) is 9.78 Å². The fourth-order valence-electron chi connectivity index (χ4n) is 1.96. The maximum Gasteiger partial charge on any atom is 0.358 e. The fourth-order valence-corrected chi connectivity index (χ4v) is 1.96. The third kappa shape index (κ3) is 2.59. The van der Waals surface area contributed by atoms with Crippen LogP contribution < -0.4 is 11.1 Å². The van der Waals surface area contributed by atoms with Gasteiger partial charge in [-0.05, 0) is 25.7 Å². The Hall–Kier alpha value is -1.69. The van der Waals surface area contributed by atoms with Crippen LogP contribution in [0.1, 0.15) is 30.3 Å². The quantitative estimate of drug-likeness (QED) is 0.751. The van der Waals surface area contributed by atoms with E-state index in [-0.39, 0.29) is 11.2 Å². The predicted molar refractivity (Wildman–Crippen MR) is 67.2 cm³/mol. The van der Waals surface area contributed by atoms with Crippen molar-refractivity contribution in [2.45, 2.75) is 25.3 Å². The molecule has 1 aromatic heterocycles. The zero-order valence-corrected chi connectivity index (χ0v) is 10.6. The van der Waals surface area contributed by atoms with Crippen molar-refractivity contribution in [1.82, 2.24) is 9.97 Å². The molecule has 0 bridgehead atoms. The van der Waals surface area contributed by atoms with Crippen LogP contribution in [0.2, 0.25) is 0 Å². The molecule has 0 radical (unpaired) electrons. The van der Waals surface area contributed by atoms with E-state index in [1.165, 1.54) is 26.1 Å². The number of nitrogens with zero attached hydrogens (tertiary/aromatic N) is 2. The normalized spacial score (nSPS) is 17.9. The van der Waals surface area contributed by atoms with Gasteiger partial charge in [0, 0.05) is 6.54 Å². The number of nitrogens with one attached hydrogen (secondary N) is 1. The highest BCUT2D eigenvalue weighted by atomic mass is 16.5. The maximum atomic E-state index is 11.4. The zero-order chi connectivity index (χ0) is 13.2. The largest absolute Gasteiger partial charge is 0.464 e. The average molecular weight is 250 g/mol. The molecule has 1 atom stereocenters. The first-order valence-electron chi connectivity index (χ1n) is 5.97. The Kier molecular flexibility index (Phi) is 3.47. The zero-order valence-electron chi connectivity index (χ0n) is 10.6. The molecule has 98 valence electrons. The minimum atomic E-state index is -0.493. The van der Waals surface area contributed by atoms with Gasteiger partial charge in [0.15, 0.2) is 5.69 Å². The summed E-state index contributed by atoms with van der Waals surface area (Å²) in [4.78, 5) is 19.5. The van der Waals surface area contributed by atoms with Crippen LogP contribution in [-0.4, -0.2) is 35.1 Å². The number of rotatable bonds is 5. The van der Waals surface area contributed by atoms with Crippen molar-refractivity contribution >= 4 is 11.8 Å². The molecule has 0 saturated heterocycles. The van der Waals surface area contributed by atoms with Gasteiger partial charge in [0.05, 0.1) is 25.0 Å². The number of carbonyl (C=O) groups is 1. The highest BCUT2D eigenvalue weighted by molar-refractivity contribution is 5.87.